The van der Waals surface area contributed by atoms with Crippen molar-refractivity contribution in [3.05, 3.63) is 76.2 Å². The van der Waals surface area contributed by atoms with Crippen LogP contribution in [0.5, 0.6) is 0 Å². The fourth-order valence-electron chi connectivity index (χ4n) is 3.21. The number of rotatable bonds is 6. The first kappa shape index (κ1) is 23.4. The lowest BCUT2D eigenvalue weighted by Gasteiger charge is -2.09. The van der Waals surface area contributed by atoms with Crippen molar-refractivity contribution in [3.63, 3.8) is 0 Å². The Morgan fingerprint density at radius 2 is 1.82 bits per heavy atom. The molecule has 0 fully saturated rings. The predicted molar refractivity (Wildman–Crippen MR) is 115 cm³/mol. The van der Waals surface area contributed by atoms with E-state index < -0.39 is 23.6 Å². The molecule has 34 heavy (non-hydrogen) atoms. The lowest BCUT2D eigenvalue weighted by molar-refractivity contribution is -0.141. The van der Waals surface area contributed by atoms with E-state index in [0.29, 0.717) is 16.9 Å². The van der Waals surface area contributed by atoms with Crippen LogP contribution in [0.4, 0.5) is 23.4 Å². The van der Waals surface area contributed by atoms with Crippen molar-refractivity contribution in [2.75, 3.05) is 5.32 Å². The van der Waals surface area contributed by atoms with Crippen LogP contribution in [0, 0.1) is 5.82 Å². The molecule has 4 rings (SSSR count). The van der Waals surface area contributed by atoms with E-state index in [4.69, 9.17) is 11.6 Å². The van der Waals surface area contributed by atoms with Crippen LogP contribution < -0.4 is 10.6 Å². The highest BCUT2D eigenvalue weighted by Crippen LogP contribution is 2.28. The minimum absolute atomic E-state index is 0.00741. The van der Waals surface area contributed by atoms with Gasteiger partial charge in [-0.1, -0.05) is 17.7 Å². The van der Waals surface area contributed by atoms with Crippen LogP contribution in [-0.4, -0.2) is 30.6 Å². The average molecular weight is 494 g/mol. The second-order valence-corrected chi connectivity index (χ2v) is 7.63. The van der Waals surface area contributed by atoms with Gasteiger partial charge in [0.1, 0.15) is 28.9 Å². The molecule has 3 heterocycles. The van der Waals surface area contributed by atoms with Crippen LogP contribution in [0.15, 0.2) is 42.9 Å². The zero-order chi connectivity index (χ0) is 24.5. The third-order valence-corrected chi connectivity index (χ3v) is 5.14. The maximum Gasteiger partial charge on any atom is 0.433 e. The van der Waals surface area contributed by atoms with Crippen LogP contribution in [0.2, 0.25) is 5.02 Å². The molecule has 13 heteroatoms. The summed E-state index contributed by atoms with van der Waals surface area (Å²) >= 11 is 5.82. The molecule has 0 bridgehead atoms. The van der Waals surface area contributed by atoms with Crippen molar-refractivity contribution in [2.45, 2.75) is 19.3 Å². The van der Waals surface area contributed by atoms with Crippen LogP contribution in [0.3, 0.4) is 0 Å². The van der Waals surface area contributed by atoms with E-state index in [-0.39, 0.29) is 34.9 Å². The first-order chi connectivity index (χ1) is 16.1. The van der Waals surface area contributed by atoms with E-state index >= 15 is 0 Å². The van der Waals surface area contributed by atoms with Crippen LogP contribution in [-0.2, 0) is 26.3 Å². The molecule has 0 aliphatic carbocycles. The minimum Gasteiger partial charge on any atom is -0.364 e. The molecule has 1 amide bonds. The summed E-state index contributed by atoms with van der Waals surface area (Å²) in [5, 5.41) is 9.96. The van der Waals surface area contributed by atoms with Crippen LogP contribution >= 0.6 is 11.6 Å². The Bertz CT molecular complexity index is 1370. The van der Waals surface area contributed by atoms with Crippen molar-refractivity contribution in [1.82, 2.24) is 30.0 Å². The zero-order valence-corrected chi connectivity index (χ0v) is 18.2. The highest BCUT2D eigenvalue weighted by molar-refractivity contribution is 6.30. The summed E-state index contributed by atoms with van der Waals surface area (Å²) in [5.41, 5.74) is 0.410. The van der Waals surface area contributed by atoms with Gasteiger partial charge in [-0.15, -0.1) is 0 Å². The quantitative estimate of drug-likeness (QED) is 0.392. The number of fused-ring (bicyclic) bond motifs is 1. The van der Waals surface area contributed by atoms with Gasteiger partial charge in [0, 0.05) is 26.3 Å². The summed E-state index contributed by atoms with van der Waals surface area (Å²) in [6.07, 6.45) is -2.37. The molecule has 0 radical (unpaired) electrons. The number of nitrogens with zero attached hydrogens (tertiary/aromatic N) is 5. The molecule has 8 nitrogen and oxygen atoms in total. The fourth-order valence-corrected chi connectivity index (χ4v) is 3.41. The second-order valence-electron chi connectivity index (χ2n) is 7.22. The van der Waals surface area contributed by atoms with Gasteiger partial charge in [-0.25, -0.2) is 14.4 Å². The van der Waals surface area contributed by atoms with Gasteiger partial charge in [0.25, 0.3) is 5.91 Å². The Hall–Kier alpha value is -3.80. The van der Waals surface area contributed by atoms with E-state index in [0.717, 1.165) is 12.3 Å². The Morgan fingerprint density at radius 1 is 1.06 bits per heavy atom. The van der Waals surface area contributed by atoms with Gasteiger partial charge in [-0.2, -0.15) is 18.3 Å². The SMILES string of the molecule is Cn1nc2c(C(=O)NCc3ccnc(C(F)(F)F)c3)ncnc2c1NCc1ccc(F)c(Cl)c1. The molecule has 0 aliphatic heterocycles. The third kappa shape index (κ3) is 4.91. The fraction of sp³-hybridized carbons (Fsp3) is 0.190. The van der Waals surface area contributed by atoms with E-state index in [2.05, 4.69) is 30.7 Å². The number of halogens is 5. The Morgan fingerprint density at radius 3 is 2.56 bits per heavy atom. The number of alkyl halides is 3. The monoisotopic (exact) mass is 493 g/mol. The van der Waals surface area contributed by atoms with Gasteiger partial charge >= 0.3 is 6.18 Å². The molecule has 0 aliphatic rings. The third-order valence-electron chi connectivity index (χ3n) is 4.85. The summed E-state index contributed by atoms with van der Waals surface area (Å²) in [6, 6.07) is 6.55. The summed E-state index contributed by atoms with van der Waals surface area (Å²) in [5.74, 6) is -0.676. The van der Waals surface area contributed by atoms with E-state index in [9.17, 15) is 22.4 Å². The van der Waals surface area contributed by atoms with Crippen molar-refractivity contribution in [2.24, 2.45) is 7.05 Å². The van der Waals surface area contributed by atoms with Gasteiger partial charge in [0.05, 0.1) is 5.02 Å². The number of carbonyl (C=O) groups is 1. The number of pyridine rings is 1. The maximum absolute atomic E-state index is 13.4. The lowest BCUT2D eigenvalue weighted by atomic mass is 10.2. The summed E-state index contributed by atoms with van der Waals surface area (Å²) in [4.78, 5) is 24.2. The summed E-state index contributed by atoms with van der Waals surface area (Å²) in [7, 11) is 1.64. The molecule has 1 aromatic carbocycles. The summed E-state index contributed by atoms with van der Waals surface area (Å²) in [6.45, 7) is 0.114. The number of hydrogen-bond acceptors (Lipinski definition) is 6. The van der Waals surface area contributed by atoms with Crippen molar-refractivity contribution in [1.29, 1.82) is 0 Å². The minimum atomic E-state index is -4.59. The average Bonchev–Trinajstić information content (AvgIpc) is 3.13. The highest BCUT2D eigenvalue weighted by atomic mass is 35.5. The number of anilines is 1. The van der Waals surface area contributed by atoms with Gasteiger partial charge in [-0.3, -0.25) is 14.5 Å². The highest BCUT2D eigenvalue weighted by Gasteiger charge is 2.32. The number of benzene rings is 1. The van der Waals surface area contributed by atoms with Gasteiger partial charge in [-0.05, 0) is 35.4 Å². The molecule has 0 saturated heterocycles. The molecule has 0 unspecified atom stereocenters. The second kappa shape index (κ2) is 9.21. The van der Waals surface area contributed by atoms with Crippen LogP contribution in [0.1, 0.15) is 27.3 Å². The van der Waals surface area contributed by atoms with E-state index in [1.165, 1.54) is 29.2 Å². The number of carbonyl (C=O) groups excluding carboxylic acids is 1. The smallest absolute Gasteiger partial charge is 0.364 e. The molecule has 176 valence electrons. The summed E-state index contributed by atoms with van der Waals surface area (Å²) < 4.78 is 53.4. The Balaban J connectivity index is 1.52. The molecule has 0 atom stereocenters. The number of aromatic nitrogens is 5. The first-order valence-electron chi connectivity index (χ1n) is 9.79. The largest absolute Gasteiger partial charge is 0.433 e. The maximum atomic E-state index is 13.4. The lowest BCUT2D eigenvalue weighted by Crippen LogP contribution is -2.24. The van der Waals surface area contributed by atoms with Crippen molar-refractivity contribution >= 4 is 34.4 Å². The van der Waals surface area contributed by atoms with Gasteiger partial charge < -0.3 is 10.6 Å². The molecular weight excluding hydrogens is 478 g/mol. The van der Waals surface area contributed by atoms with Crippen LogP contribution in [0.25, 0.3) is 11.0 Å². The van der Waals surface area contributed by atoms with E-state index in [1.807, 2.05) is 0 Å². The van der Waals surface area contributed by atoms with Gasteiger partial charge in [0.2, 0.25) is 0 Å². The Labute approximate surface area is 195 Å². The van der Waals surface area contributed by atoms with E-state index in [1.54, 1.807) is 13.1 Å². The van der Waals surface area contributed by atoms with Gasteiger partial charge in [0.15, 0.2) is 11.5 Å². The molecule has 3 aromatic heterocycles. The normalized spacial score (nSPS) is 11.6. The number of aryl methyl sites for hydroxylation is 1. The number of amides is 1. The number of hydrogen-bond donors (Lipinski definition) is 2. The molecule has 0 spiro atoms. The molecule has 0 saturated carbocycles. The topological polar surface area (TPSA) is 97.6 Å². The van der Waals surface area contributed by atoms with Crippen molar-refractivity contribution in [3.8, 4) is 0 Å². The first-order valence-corrected chi connectivity index (χ1v) is 10.2. The zero-order valence-electron chi connectivity index (χ0n) is 17.5. The molecular formula is C21H16ClF4N7O. The molecule has 4 aromatic rings. The Kier molecular flexibility index (Phi) is 6.33. The standard InChI is InChI=1S/C21H16ClF4N7O/c1-33-19(28-8-11-2-3-14(23)13(22)6-11)17-16(32-33)18(31-10-30-17)20(34)29-9-12-4-5-27-15(7-12)21(24,25)26/h2-7,10,28H,8-9H2,1H3,(H,29,34). The van der Waals surface area contributed by atoms with Crippen molar-refractivity contribution < 1.29 is 22.4 Å². The number of nitrogens with one attached hydrogen (secondary N) is 2. The predicted octanol–water partition coefficient (Wildman–Crippen LogP) is 4.11. The molecule has 2 N–H and O–H groups in total.